The summed E-state index contributed by atoms with van der Waals surface area (Å²) in [6.07, 6.45) is 1.07. The van der Waals surface area contributed by atoms with Crippen molar-refractivity contribution in [1.82, 2.24) is 0 Å². The molecule has 1 rings (SSSR count). The van der Waals surface area contributed by atoms with Crippen LogP contribution in [0, 0.1) is 5.92 Å². The molecule has 0 saturated carbocycles. The maximum Gasteiger partial charge on any atom is 0.330 e. The highest BCUT2D eigenvalue weighted by Gasteiger charge is 2.14. The molecular formula is C15H18O4S. The molecule has 1 unspecified atom stereocenters. The zero-order valence-corrected chi connectivity index (χ0v) is 12.2. The van der Waals surface area contributed by atoms with Gasteiger partial charge in [0, 0.05) is 16.7 Å². The van der Waals surface area contributed by atoms with E-state index in [1.807, 2.05) is 37.3 Å². The van der Waals surface area contributed by atoms with Crippen LogP contribution >= 0.6 is 11.8 Å². The minimum atomic E-state index is -0.520. The third-order valence-corrected chi connectivity index (χ3v) is 3.66. The van der Waals surface area contributed by atoms with E-state index >= 15 is 0 Å². The number of esters is 2. The van der Waals surface area contributed by atoms with E-state index in [4.69, 9.17) is 9.47 Å². The second-order valence-corrected chi connectivity index (χ2v) is 5.16. The van der Waals surface area contributed by atoms with Crippen LogP contribution in [0.25, 0.3) is 0 Å². The number of hydrogen-bond donors (Lipinski definition) is 0. The molecule has 0 amide bonds. The molecule has 5 heteroatoms. The van der Waals surface area contributed by atoms with Crippen LogP contribution in [0.2, 0.25) is 0 Å². The van der Waals surface area contributed by atoms with Gasteiger partial charge in [0.05, 0.1) is 5.92 Å². The summed E-state index contributed by atoms with van der Waals surface area (Å²) in [5.41, 5.74) is 0. The molecule has 0 N–H and O–H groups in total. The zero-order chi connectivity index (χ0) is 14.8. The molecule has 1 aromatic carbocycles. The molecule has 0 fully saturated rings. The summed E-state index contributed by atoms with van der Waals surface area (Å²) in [5, 5.41) is 0. The molecule has 108 valence electrons. The van der Waals surface area contributed by atoms with E-state index in [2.05, 4.69) is 6.58 Å². The first-order valence-corrected chi connectivity index (χ1v) is 7.25. The Morgan fingerprint density at radius 2 is 1.90 bits per heavy atom. The molecule has 0 heterocycles. The van der Waals surface area contributed by atoms with Gasteiger partial charge in [-0.25, -0.2) is 4.79 Å². The number of benzene rings is 1. The lowest BCUT2D eigenvalue weighted by Crippen LogP contribution is -2.20. The molecule has 0 spiro atoms. The van der Waals surface area contributed by atoms with Crippen LogP contribution < -0.4 is 0 Å². The molecule has 0 saturated heterocycles. The molecule has 0 bridgehead atoms. The van der Waals surface area contributed by atoms with Crippen molar-refractivity contribution in [2.45, 2.75) is 11.8 Å². The molecule has 0 aliphatic carbocycles. The smallest absolute Gasteiger partial charge is 0.330 e. The van der Waals surface area contributed by atoms with Crippen molar-refractivity contribution in [3.05, 3.63) is 43.0 Å². The average molecular weight is 294 g/mol. The Balaban J connectivity index is 2.19. The predicted molar refractivity (Wildman–Crippen MR) is 78.4 cm³/mol. The highest BCUT2D eigenvalue weighted by Crippen LogP contribution is 2.20. The van der Waals surface area contributed by atoms with Gasteiger partial charge in [0.25, 0.3) is 0 Å². The van der Waals surface area contributed by atoms with Gasteiger partial charge in [0.1, 0.15) is 13.2 Å². The third kappa shape index (κ3) is 6.43. The van der Waals surface area contributed by atoms with E-state index in [1.54, 1.807) is 11.8 Å². The monoisotopic (exact) mass is 294 g/mol. The van der Waals surface area contributed by atoms with Crippen molar-refractivity contribution in [2.75, 3.05) is 19.0 Å². The summed E-state index contributed by atoms with van der Waals surface area (Å²) in [6, 6.07) is 9.86. The van der Waals surface area contributed by atoms with Gasteiger partial charge in [-0.3, -0.25) is 4.79 Å². The number of rotatable bonds is 8. The van der Waals surface area contributed by atoms with Gasteiger partial charge < -0.3 is 9.47 Å². The summed E-state index contributed by atoms with van der Waals surface area (Å²) in [4.78, 5) is 23.6. The molecule has 4 nitrogen and oxygen atoms in total. The van der Waals surface area contributed by atoms with Crippen molar-refractivity contribution in [2.24, 2.45) is 5.92 Å². The van der Waals surface area contributed by atoms with Crippen molar-refractivity contribution >= 4 is 23.7 Å². The second-order valence-electron chi connectivity index (χ2n) is 4.06. The standard InChI is InChI=1S/C15H18O4S/c1-3-14(16)18-9-10-19-15(17)12(2)11-20-13-7-5-4-6-8-13/h3-8,12H,1,9-11H2,2H3. The van der Waals surface area contributed by atoms with Crippen LogP contribution in [-0.2, 0) is 19.1 Å². The number of ether oxygens (including phenoxy) is 2. The van der Waals surface area contributed by atoms with E-state index in [-0.39, 0.29) is 25.1 Å². The van der Waals surface area contributed by atoms with Gasteiger partial charge in [-0.2, -0.15) is 0 Å². The fourth-order valence-electron chi connectivity index (χ4n) is 1.29. The maximum absolute atomic E-state index is 11.7. The average Bonchev–Trinajstić information content (AvgIpc) is 2.49. The molecule has 0 aliphatic rings. The summed E-state index contributed by atoms with van der Waals surface area (Å²) >= 11 is 1.61. The largest absolute Gasteiger partial charge is 0.462 e. The van der Waals surface area contributed by atoms with E-state index in [0.29, 0.717) is 5.75 Å². The van der Waals surface area contributed by atoms with Gasteiger partial charge in [-0.1, -0.05) is 31.7 Å². The van der Waals surface area contributed by atoms with E-state index in [0.717, 1.165) is 11.0 Å². The summed E-state index contributed by atoms with van der Waals surface area (Å²) < 4.78 is 9.73. The lowest BCUT2D eigenvalue weighted by Gasteiger charge is -2.11. The minimum Gasteiger partial charge on any atom is -0.462 e. The number of thioether (sulfide) groups is 1. The Morgan fingerprint density at radius 3 is 2.55 bits per heavy atom. The Morgan fingerprint density at radius 1 is 1.25 bits per heavy atom. The topological polar surface area (TPSA) is 52.6 Å². The van der Waals surface area contributed by atoms with Crippen LogP contribution in [-0.4, -0.2) is 30.9 Å². The van der Waals surface area contributed by atoms with Gasteiger partial charge in [0.2, 0.25) is 0 Å². The van der Waals surface area contributed by atoms with Crippen LogP contribution in [0.5, 0.6) is 0 Å². The molecular weight excluding hydrogens is 276 g/mol. The fourth-order valence-corrected chi connectivity index (χ4v) is 2.22. The van der Waals surface area contributed by atoms with Crippen LogP contribution in [0.3, 0.4) is 0 Å². The zero-order valence-electron chi connectivity index (χ0n) is 11.4. The van der Waals surface area contributed by atoms with E-state index in [9.17, 15) is 9.59 Å². The van der Waals surface area contributed by atoms with Crippen molar-refractivity contribution in [3.8, 4) is 0 Å². The van der Waals surface area contributed by atoms with Gasteiger partial charge in [-0.05, 0) is 12.1 Å². The highest BCUT2D eigenvalue weighted by molar-refractivity contribution is 7.99. The first-order chi connectivity index (χ1) is 9.63. The normalized spacial score (nSPS) is 11.4. The lowest BCUT2D eigenvalue weighted by molar-refractivity contribution is -0.152. The molecule has 1 aromatic rings. The SMILES string of the molecule is C=CC(=O)OCCOC(=O)C(C)CSc1ccccc1. The Kier molecular flexibility index (Phi) is 7.50. The number of carbonyl (C=O) groups is 2. The second kappa shape index (κ2) is 9.20. The Labute approximate surface area is 123 Å². The lowest BCUT2D eigenvalue weighted by atomic mass is 10.2. The summed E-state index contributed by atoms with van der Waals surface area (Å²) in [6.45, 7) is 5.20. The highest BCUT2D eigenvalue weighted by atomic mass is 32.2. The first-order valence-electron chi connectivity index (χ1n) is 6.27. The quantitative estimate of drug-likeness (QED) is 0.319. The van der Waals surface area contributed by atoms with Crippen molar-refractivity contribution in [1.29, 1.82) is 0 Å². The molecule has 20 heavy (non-hydrogen) atoms. The summed E-state index contributed by atoms with van der Waals surface area (Å²) in [5.74, 6) is -0.373. The fraction of sp³-hybridized carbons (Fsp3) is 0.333. The third-order valence-electron chi connectivity index (χ3n) is 2.38. The molecule has 0 aromatic heterocycles. The van der Waals surface area contributed by atoms with Gasteiger partial charge >= 0.3 is 11.9 Å². The number of carbonyl (C=O) groups excluding carboxylic acids is 2. The van der Waals surface area contributed by atoms with Gasteiger partial charge in [-0.15, -0.1) is 11.8 Å². The Bertz CT molecular complexity index is 444. The van der Waals surface area contributed by atoms with Crippen LogP contribution in [0.1, 0.15) is 6.92 Å². The van der Waals surface area contributed by atoms with E-state index < -0.39 is 5.97 Å². The number of hydrogen-bond acceptors (Lipinski definition) is 5. The van der Waals surface area contributed by atoms with E-state index in [1.165, 1.54) is 0 Å². The van der Waals surface area contributed by atoms with Crippen LogP contribution in [0.15, 0.2) is 47.9 Å². The van der Waals surface area contributed by atoms with Gasteiger partial charge in [0.15, 0.2) is 0 Å². The van der Waals surface area contributed by atoms with Crippen molar-refractivity contribution < 1.29 is 19.1 Å². The van der Waals surface area contributed by atoms with Crippen LogP contribution in [0.4, 0.5) is 0 Å². The maximum atomic E-state index is 11.7. The molecule has 0 aliphatic heterocycles. The minimum absolute atomic E-state index is 0.0507. The molecule has 1 atom stereocenters. The predicted octanol–water partition coefficient (Wildman–Crippen LogP) is 2.69. The first kappa shape index (κ1) is 16.3. The summed E-state index contributed by atoms with van der Waals surface area (Å²) in [7, 11) is 0. The Hall–Kier alpha value is -1.75. The molecule has 0 radical (unpaired) electrons. The van der Waals surface area contributed by atoms with Crippen molar-refractivity contribution in [3.63, 3.8) is 0 Å².